The molecule has 2 N–H and O–H groups in total. The summed E-state index contributed by atoms with van der Waals surface area (Å²) in [5.74, 6) is -1.31. The molecule has 0 saturated carbocycles. The highest BCUT2D eigenvalue weighted by atomic mass is 16.4. The third kappa shape index (κ3) is 4.19. The van der Waals surface area contributed by atoms with Crippen LogP contribution < -0.4 is 9.80 Å². The van der Waals surface area contributed by atoms with Crippen LogP contribution in [0.15, 0.2) is 24.3 Å². The fourth-order valence-electron chi connectivity index (χ4n) is 4.23. The molecule has 2 amide bonds. The molecule has 2 aliphatic rings. The number of carbonyl (C=O) groups excluding carboxylic acids is 2. The molecule has 0 bridgehead atoms. The Bertz CT molecular complexity index is 763. The maximum absolute atomic E-state index is 12.9. The zero-order valence-corrected chi connectivity index (χ0v) is 16.9. The number of carboxylic acids is 1. The van der Waals surface area contributed by atoms with Gasteiger partial charge in [-0.3, -0.25) is 9.69 Å². The number of quaternary nitrogens is 1. The van der Waals surface area contributed by atoms with Crippen LogP contribution in [0.25, 0.3) is 0 Å². The lowest BCUT2D eigenvalue weighted by Gasteiger charge is -2.39. The van der Waals surface area contributed by atoms with Gasteiger partial charge < -0.3 is 14.9 Å². The first-order valence-corrected chi connectivity index (χ1v) is 9.92. The van der Waals surface area contributed by atoms with Crippen LogP contribution in [-0.4, -0.2) is 66.6 Å². The molecule has 1 aromatic rings. The molecule has 2 heterocycles. The van der Waals surface area contributed by atoms with Crippen molar-refractivity contribution in [3.63, 3.8) is 0 Å². The maximum Gasteiger partial charge on any atom is 0.359 e. The first kappa shape index (κ1) is 20.3. The minimum absolute atomic E-state index is 0.0362. The van der Waals surface area contributed by atoms with Crippen molar-refractivity contribution in [1.82, 2.24) is 4.90 Å². The quantitative estimate of drug-likeness (QED) is 0.775. The Kier molecular flexibility index (Phi) is 5.74. The van der Waals surface area contributed by atoms with Crippen LogP contribution in [0, 0.1) is 0 Å². The van der Waals surface area contributed by atoms with Crippen LogP contribution in [0.3, 0.4) is 0 Å². The molecule has 0 aromatic heterocycles. The highest BCUT2D eigenvalue weighted by Crippen LogP contribution is 2.32. The minimum atomic E-state index is -1.05. The van der Waals surface area contributed by atoms with Crippen LogP contribution in [0.4, 0.5) is 5.69 Å². The van der Waals surface area contributed by atoms with Crippen LogP contribution in [-0.2, 0) is 19.8 Å². The van der Waals surface area contributed by atoms with Crippen LogP contribution in [0.2, 0.25) is 0 Å². The molecule has 2 fully saturated rings. The maximum atomic E-state index is 12.9. The predicted molar refractivity (Wildman–Crippen MR) is 105 cm³/mol. The van der Waals surface area contributed by atoms with Gasteiger partial charge in [-0.15, -0.1) is 0 Å². The van der Waals surface area contributed by atoms with Crippen molar-refractivity contribution in [3.05, 3.63) is 29.8 Å². The summed E-state index contributed by atoms with van der Waals surface area (Å²) in [6, 6.07) is 7.83. The number of likely N-dealkylation sites (tertiary alicyclic amines) is 1. The van der Waals surface area contributed by atoms with E-state index in [1.54, 1.807) is 4.90 Å². The van der Waals surface area contributed by atoms with Gasteiger partial charge in [0.1, 0.15) is 0 Å². The molecule has 2 unspecified atom stereocenters. The highest BCUT2D eigenvalue weighted by molar-refractivity contribution is 5.86. The van der Waals surface area contributed by atoms with E-state index in [4.69, 9.17) is 5.11 Å². The molecule has 2 atom stereocenters. The zero-order chi connectivity index (χ0) is 20.5. The predicted octanol–water partition coefficient (Wildman–Crippen LogP) is 0.291. The number of piperazine rings is 1. The second-order valence-corrected chi connectivity index (χ2v) is 8.69. The molecule has 0 spiro atoms. The van der Waals surface area contributed by atoms with Gasteiger partial charge in [0.25, 0.3) is 5.91 Å². The number of hydrogen-bond acceptors (Lipinski definition) is 4. The van der Waals surface area contributed by atoms with E-state index in [0.717, 1.165) is 13.1 Å². The van der Waals surface area contributed by atoms with E-state index in [9.17, 15) is 14.4 Å². The molecule has 0 aliphatic carbocycles. The zero-order valence-electron chi connectivity index (χ0n) is 16.9. The number of hydrogen-bond donors (Lipinski definition) is 2. The summed E-state index contributed by atoms with van der Waals surface area (Å²) in [5, 5.41) is 9.05. The summed E-state index contributed by atoms with van der Waals surface area (Å²) in [4.78, 5) is 40.4. The Morgan fingerprint density at radius 1 is 1.14 bits per heavy atom. The summed E-state index contributed by atoms with van der Waals surface area (Å²) in [5.41, 5.74) is 2.53. The van der Waals surface area contributed by atoms with Crippen molar-refractivity contribution >= 4 is 23.5 Å². The SMILES string of the molecule is CC(C)(C)c1ccccc1N1CCN(C(=O)C2CCC(=O)[NH+]2CC(=O)O)CC1. The smallest absolute Gasteiger partial charge is 0.359 e. The Hall–Kier alpha value is -2.41. The van der Waals surface area contributed by atoms with Crippen LogP contribution in [0.1, 0.15) is 39.2 Å². The molecule has 0 radical (unpaired) electrons. The normalized spacial score (nSPS) is 23.2. The molecule has 7 heteroatoms. The van der Waals surface area contributed by atoms with Gasteiger partial charge in [-0.25, -0.2) is 9.59 Å². The summed E-state index contributed by atoms with van der Waals surface area (Å²) >= 11 is 0. The number of carbonyl (C=O) groups is 3. The van der Waals surface area contributed by atoms with Gasteiger partial charge in [0, 0.05) is 38.3 Å². The van der Waals surface area contributed by atoms with Gasteiger partial charge in [-0.1, -0.05) is 39.0 Å². The highest BCUT2D eigenvalue weighted by Gasteiger charge is 2.44. The number of para-hydroxylation sites is 1. The van der Waals surface area contributed by atoms with E-state index in [-0.39, 0.29) is 35.1 Å². The lowest BCUT2D eigenvalue weighted by molar-refractivity contribution is -0.821. The monoisotopic (exact) mass is 388 g/mol. The lowest BCUT2D eigenvalue weighted by Crippen LogP contribution is -3.18. The second kappa shape index (κ2) is 7.91. The Morgan fingerprint density at radius 3 is 2.39 bits per heavy atom. The molecule has 3 rings (SSSR count). The number of benzene rings is 1. The van der Waals surface area contributed by atoms with Crippen molar-refractivity contribution < 1.29 is 24.4 Å². The Balaban J connectivity index is 1.67. The van der Waals surface area contributed by atoms with E-state index in [0.29, 0.717) is 19.5 Å². The molecule has 7 nitrogen and oxygen atoms in total. The summed E-state index contributed by atoms with van der Waals surface area (Å²) in [6.45, 7) is 8.90. The molecule has 2 aliphatic heterocycles. The number of anilines is 1. The first-order valence-electron chi connectivity index (χ1n) is 9.92. The molecular weight excluding hydrogens is 358 g/mol. The molecule has 1 aromatic carbocycles. The van der Waals surface area contributed by atoms with Crippen molar-refractivity contribution in [1.29, 1.82) is 0 Å². The van der Waals surface area contributed by atoms with Gasteiger partial charge in [0.2, 0.25) is 0 Å². The number of rotatable bonds is 4. The van der Waals surface area contributed by atoms with Gasteiger partial charge >= 0.3 is 11.9 Å². The minimum Gasteiger partial charge on any atom is -0.477 e. The topological polar surface area (TPSA) is 82.4 Å². The van der Waals surface area contributed by atoms with E-state index < -0.39 is 12.0 Å². The first-order chi connectivity index (χ1) is 13.2. The lowest BCUT2D eigenvalue weighted by atomic mass is 9.85. The number of amides is 2. The van der Waals surface area contributed by atoms with Crippen LogP contribution >= 0.6 is 0 Å². The molecular formula is C21H30N3O4+. The fourth-order valence-corrected chi connectivity index (χ4v) is 4.23. The Labute approximate surface area is 165 Å². The van der Waals surface area contributed by atoms with Crippen molar-refractivity contribution in [2.75, 3.05) is 37.6 Å². The molecule has 152 valence electrons. The van der Waals surface area contributed by atoms with Gasteiger partial charge in [-0.05, 0) is 17.0 Å². The van der Waals surface area contributed by atoms with Gasteiger partial charge in [0.05, 0.1) is 6.42 Å². The third-order valence-corrected chi connectivity index (χ3v) is 5.72. The standard InChI is InChI=1S/C21H29N3O4/c1-21(2,3)15-6-4-5-7-16(15)22-10-12-23(13-11-22)20(28)17-8-9-18(25)24(17)14-19(26)27/h4-7,17H,8-14H2,1-3H3,(H,26,27)/p+1. The summed E-state index contributed by atoms with van der Waals surface area (Å²) in [7, 11) is 0. The fraction of sp³-hybridized carbons (Fsp3) is 0.571. The van der Waals surface area contributed by atoms with E-state index in [2.05, 4.69) is 43.9 Å². The average molecular weight is 388 g/mol. The van der Waals surface area contributed by atoms with Crippen molar-refractivity contribution in [2.24, 2.45) is 0 Å². The van der Waals surface area contributed by atoms with Crippen molar-refractivity contribution in [2.45, 2.75) is 45.1 Å². The van der Waals surface area contributed by atoms with E-state index in [1.165, 1.54) is 11.3 Å². The Morgan fingerprint density at radius 2 is 1.79 bits per heavy atom. The number of nitrogens with one attached hydrogen (secondary N) is 1. The van der Waals surface area contributed by atoms with Gasteiger partial charge in [-0.2, -0.15) is 0 Å². The summed E-state index contributed by atoms with van der Waals surface area (Å²) < 4.78 is 0. The molecule has 2 saturated heterocycles. The summed E-state index contributed by atoms with van der Waals surface area (Å²) in [6.07, 6.45) is 0.714. The van der Waals surface area contributed by atoms with E-state index >= 15 is 0 Å². The number of aliphatic carboxylic acids is 1. The third-order valence-electron chi connectivity index (χ3n) is 5.72. The van der Waals surface area contributed by atoms with E-state index in [1.807, 2.05) is 6.07 Å². The second-order valence-electron chi connectivity index (χ2n) is 8.69. The van der Waals surface area contributed by atoms with Gasteiger partial charge in [0.15, 0.2) is 12.6 Å². The average Bonchev–Trinajstić information content (AvgIpc) is 3.00. The number of nitrogens with zero attached hydrogens (tertiary/aromatic N) is 2. The van der Waals surface area contributed by atoms with Crippen LogP contribution in [0.5, 0.6) is 0 Å². The molecule has 28 heavy (non-hydrogen) atoms. The number of carboxylic acid groups (broad SMARTS) is 1. The largest absolute Gasteiger partial charge is 0.477 e. The van der Waals surface area contributed by atoms with Crippen molar-refractivity contribution in [3.8, 4) is 0 Å².